The lowest BCUT2D eigenvalue weighted by molar-refractivity contribution is 0.0931. The number of aromatic nitrogens is 1. The Morgan fingerprint density at radius 2 is 2.36 bits per heavy atom. The Morgan fingerprint density at radius 3 is 2.73 bits per heavy atom. The van der Waals surface area contributed by atoms with Crippen molar-refractivity contribution < 1.29 is 4.79 Å². The fourth-order valence-electron chi connectivity index (χ4n) is 0.913. The fourth-order valence-corrected chi connectivity index (χ4v) is 1.77. The third-order valence-corrected chi connectivity index (χ3v) is 2.22. The van der Waals surface area contributed by atoms with Gasteiger partial charge in [-0.25, -0.2) is 4.57 Å². The number of carbonyl (C=O) groups is 1. The largest absolute Gasteiger partial charge is 0.314 e. The summed E-state index contributed by atoms with van der Waals surface area (Å²) >= 11 is 1.07. The highest BCUT2D eigenvalue weighted by molar-refractivity contribution is 7.07. The van der Waals surface area contributed by atoms with Crippen LogP contribution < -0.4 is 4.87 Å². The highest BCUT2D eigenvalue weighted by Crippen LogP contribution is 2.01. The van der Waals surface area contributed by atoms with E-state index >= 15 is 0 Å². The van der Waals surface area contributed by atoms with E-state index in [1.165, 1.54) is 11.5 Å². The van der Waals surface area contributed by atoms with Gasteiger partial charge in [-0.05, 0) is 6.42 Å². The molecule has 1 aromatic heterocycles. The third-order valence-electron chi connectivity index (χ3n) is 1.44. The smallest absolute Gasteiger partial charge is 0.274 e. The molecule has 1 rings (SSSR count). The van der Waals surface area contributed by atoms with Gasteiger partial charge in [0.1, 0.15) is 0 Å². The molecule has 60 valence electrons. The third kappa shape index (κ3) is 1.40. The van der Waals surface area contributed by atoms with Crippen molar-refractivity contribution in [2.75, 3.05) is 0 Å². The SMILES string of the molecule is CCc1csc(=O)n1C(C)=O. The lowest BCUT2D eigenvalue weighted by atomic mass is 10.4. The van der Waals surface area contributed by atoms with Crippen molar-refractivity contribution in [2.45, 2.75) is 20.3 Å². The van der Waals surface area contributed by atoms with E-state index in [1.807, 2.05) is 6.92 Å². The molecule has 0 saturated carbocycles. The van der Waals surface area contributed by atoms with Crippen LogP contribution in [-0.4, -0.2) is 10.5 Å². The van der Waals surface area contributed by atoms with E-state index in [0.717, 1.165) is 23.5 Å². The first kappa shape index (κ1) is 8.20. The monoisotopic (exact) mass is 171 g/mol. The van der Waals surface area contributed by atoms with Gasteiger partial charge in [-0.3, -0.25) is 9.59 Å². The molecule has 0 spiro atoms. The molecule has 0 atom stereocenters. The maximum atomic E-state index is 11.0. The second kappa shape index (κ2) is 3.00. The van der Waals surface area contributed by atoms with Crippen LogP contribution in [0.15, 0.2) is 10.2 Å². The molecule has 0 saturated heterocycles. The Balaban J connectivity index is 3.29. The van der Waals surface area contributed by atoms with Crippen molar-refractivity contribution >= 4 is 17.2 Å². The van der Waals surface area contributed by atoms with Crippen LogP contribution in [0.1, 0.15) is 24.3 Å². The minimum atomic E-state index is -0.201. The number of carbonyl (C=O) groups excluding carboxylic acids is 1. The highest BCUT2D eigenvalue weighted by Gasteiger charge is 2.07. The predicted molar refractivity (Wildman–Crippen MR) is 44.3 cm³/mol. The molecule has 0 aliphatic carbocycles. The quantitative estimate of drug-likeness (QED) is 0.635. The van der Waals surface area contributed by atoms with Crippen molar-refractivity contribution in [3.63, 3.8) is 0 Å². The Hall–Kier alpha value is -0.900. The van der Waals surface area contributed by atoms with E-state index in [9.17, 15) is 9.59 Å². The first-order valence-corrected chi connectivity index (χ1v) is 4.25. The van der Waals surface area contributed by atoms with E-state index in [2.05, 4.69) is 0 Å². The molecule has 0 aliphatic heterocycles. The van der Waals surface area contributed by atoms with Crippen LogP contribution in [0, 0.1) is 0 Å². The molecule has 11 heavy (non-hydrogen) atoms. The van der Waals surface area contributed by atoms with Crippen molar-refractivity contribution in [3.05, 3.63) is 20.7 Å². The van der Waals surface area contributed by atoms with Crippen molar-refractivity contribution in [3.8, 4) is 0 Å². The van der Waals surface area contributed by atoms with Crippen molar-refractivity contribution in [1.29, 1.82) is 0 Å². The summed E-state index contributed by atoms with van der Waals surface area (Å²) < 4.78 is 1.21. The average molecular weight is 171 g/mol. The van der Waals surface area contributed by atoms with E-state index in [0.29, 0.717) is 0 Å². The standard InChI is InChI=1S/C7H9NO2S/c1-3-6-4-11-7(10)8(6)5(2)9/h4H,3H2,1-2H3. The number of aryl methyl sites for hydroxylation is 1. The number of hydrogen-bond donors (Lipinski definition) is 0. The zero-order valence-electron chi connectivity index (χ0n) is 6.46. The van der Waals surface area contributed by atoms with E-state index in [-0.39, 0.29) is 10.8 Å². The Bertz CT molecular complexity index is 323. The molecule has 3 nitrogen and oxygen atoms in total. The molecule has 0 aliphatic rings. The second-order valence-electron chi connectivity index (χ2n) is 2.20. The first-order valence-electron chi connectivity index (χ1n) is 3.37. The molecule has 0 N–H and O–H groups in total. The minimum Gasteiger partial charge on any atom is -0.274 e. The van der Waals surface area contributed by atoms with E-state index in [1.54, 1.807) is 5.38 Å². The Morgan fingerprint density at radius 1 is 1.73 bits per heavy atom. The van der Waals surface area contributed by atoms with Crippen LogP contribution in [0.4, 0.5) is 0 Å². The van der Waals surface area contributed by atoms with Gasteiger partial charge >= 0.3 is 4.87 Å². The van der Waals surface area contributed by atoms with Gasteiger partial charge in [0.05, 0.1) is 0 Å². The Kier molecular flexibility index (Phi) is 2.24. The zero-order chi connectivity index (χ0) is 8.43. The lowest BCUT2D eigenvalue weighted by Crippen LogP contribution is -2.20. The summed E-state index contributed by atoms with van der Waals surface area (Å²) in [6.07, 6.45) is 0.721. The fraction of sp³-hybridized carbons (Fsp3) is 0.429. The van der Waals surface area contributed by atoms with Gasteiger partial charge in [0.15, 0.2) is 0 Å². The van der Waals surface area contributed by atoms with E-state index in [4.69, 9.17) is 0 Å². The lowest BCUT2D eigenvalue weighted by Gasteiger charge is -1.97. The van der Waals surface area contributed by atoms with Crippen LogP contribution in [-0.2, 0) is 6.42 Å². The second-order valence-corrected chi connectivity index (χ2v) is 3.02. The van der Waals surface area contributed by atoms with E-state index < -0.39 is 0 Å². The van der Waals surface area contributed by atoms with Gasteiger partial charge in [-0.1, -0.05) is 18.3 Å². The van der Waals surface area contributed by atoms with Gasteiger partial charge in [0.25, 0.3) is 0 Å². The van der Waals surface area contributed by atoms with Crippen LogP contribution in [0.2, 0.25) is 0 Å². The molecule has 1 heterocycles. The van der Waals surface area contributed by atoms with Crippen LogP contribution in [0.25, 0.3) is 0 Å². The van der Waals surface area contributed by atoms with Gasteiger partial charge in [0, 0.05) is 18.0 Å². The molecule has 1 aromatic rings. The van der Waals surface area contributed by atoms with Crippen LogP contribution in [0.3, 0.4) is 0 Å². The average Bonchev–Trinajstić information content (AvgIpc) is 2.30. The molecule has 0 fully saturated rings. The van der Waals surface area contributed by atoms with Crippen LogP contribution in [0.5, 0.6) is 0 Å². The molecule has 0 amide bonds. The maximum absolute atomic E-state index is 11.0. The highest BCUT2D eigenvalue weighted by atomic mass is 32.1. The first-order chi connectivity index (χ1) is 5.16. The topological polar surface area (TPSA) is 39.1 Å². The van der Waals surface area contributed by atoms with Crippen molar-refractivity contribution in [1.82, 2.24) is 4.57 Å². The number of thiazole rings is 1. The predicted octanol–water partition coefficient (Wildman–Crippen LogP) is 1.13. The summed E-state index contributed by atoms with van der Waals surface area (Å²) in [5.74, 6) is -0.201. The number of rotatable bonds is 1. The molecular weight excluding hydrogens is 162 g/mol. The molecular formula is C7H9NO2S. The molecule has 0 bridgehead atoms. The van der Waals surface area contributed by atoms with Gasteiger partial charge in [-0.15, -0.1) is 0 Å². The molecule has 0 radical (unpaired) electrons. The van der Waals surface area contributed by atoms with Gasteiger partial charge < -0.3 is 0 Å². The molecule has 0 aromatic carbocycles. The zero-order valence-corrected chi connectivity index (χ0v) is 7.27. The summed E-state index contributed by atoms with van der Waals surface area (Å²) in [6, 6.07) is 0. The minimum absolute atomic E-state index is 0.186. The van der Waals surface area contributed by atoms with Gasteiger partial charge in [0.2, 0.25) is 5.91 Å². The summed E-state index contributed by atoms with van der Waals surface area (Å²) in [4.78, 5) is 21.7. The normalized spacial score (nSPS) is 10.0. The summed E-state index contributed by atoms with van der Waals surface area (Å²) in [7, 11) is 0. The molecule has 0 unspecified atom stereocenters. The number of hydrogen-bond acceptors (Lipinski definition) is 3. The summed E-state index contributed by atoms with van der Waals surface area (Å²) in [5.41, 5.74) is 0.799. The van der Waals surface area contributed by atoms with Gasteiger partial charge in [-0.2, -0.15) is 0 Å². The number of nitrogens with zero attached hydrogens (tertiary/aromatic N) is 1. The van der Waals surface area contributed by atoms with Crippen molar-refractivity contribution in [2.24, 2.45) is 0 Å². The summed E-state index contributed by atoms with van der Waals surface area (Å²) in [6.45, 7) is 3.31. The molecule has 4 heteroatoms. The Labute approximate surface area is 68.3 Å². The summed E-state index contributed by atoms with van der Waals surface area (Å²) in [5, 5.41) is 1.73. The van der Waals surface area contributed by atoms with Crippen LogP contribution >= 0.6 is 11.3 Å². The maximum Gasteiger partial charge on any atom is 0.314 e.